The first-order valence-corrected chi connectivity index (χ1v) is 13.0. The fourth-order valence-electron chi connectivity index (χ4n) is 1.31. The van der Waals surface area contributed by atoms with Crippen LogP contribution in [0.2, 0.25) is 0 Å². The molecule has 0 fully saturated rings. The van der Waals surface area contributed by atoms with E-state index in [9.17, 15) is 0 Å². The Hall–Kier alpha value is 0.450. The first-order chi connectivity index (χ1) is 9.86. The maximum absolute atomic E-state index is 2.23. The second-order valence-corrected chi connectivity index (χ2v) is 11.7. The Morgan fingerprint density at radius 1 is 1.05 bits per heavy atom. The molecule has 0 amide bonds. The molecule has 0 N–H and O–H groups in total. The van der Waals surface area contributed by atoms with Crippen LogP contribution in [0.1, 0.15) is 25.8 Å². The van der Waals surface area contributed by atoms with Crippen LogP contribution in [-0.2, 0) is 5.75 Å². The highest BCUT2D eigenvalue weighted by Gasteiger charge is 1.97. The van der Waals surface area contributed by atoms with Gasteiger partial charge in [-0.25, -0.2) is 0 Å². The zero-order chi connectivity index (χ0) is 14.5. The smallest absolute Gasteiger partial charge is 0.0297 e. The van der Waals surface area contributed by atoms with Crippen molar-refractivity contribution in [1.82, 2.24) is 0 Å². The van der Waals surface area contributed by atoms with Crippen LogP contribution in [0.4, 0.5) is 0 Å². The summed E-state index contributed by atoms with van der Waals surface area (Å²) in [5.74, 6) is 2.15. The molecule has 0 unspecified atom stereocenters. The van der Waals surface area contributed by atoms with Crippen molar-refractivity contribution in [3.8, 4) is 0 Å². The van der Waals surface area contributed by atoms with Crippen LogP contribution in [0.3, 0.4) is 0 Å². The second kappa shape index (κ2) is 13.1. The minimum atomic E-state index is 1.07. The summed E-state index contributed by atoms with van der Waals surface area (Å²) in [5.41, 5.74) is 2.80. The first kappa shape index (κ1) is 18.5. The van der Waals surface area contributed by atoms with Gasteiger partial charge in [0.2, 0.25) is 0 Å². The maximum atomic E-state index is 2.23. The molecule has 1 aromatic carbocycles. The second-order valence-electron chi connectivity index (χ2n) is 3.89. The number of benzene rings is 1. The summed E-state index contributed by atoms with van der Waals surface area (Å²) in [6.45, 7) is 4.28. The molecule has 0 saturated carbocycles. The van der Waals surface area contributed by atoms with Gasteiger partial charge in [0.25, 0.3) is 0 Å². The van der Waals surface area contributed by atoms with Crippen LogP contribution in [0.25, 0.3) is 0 Å². The van der Waals surface area contributed by atoms with Gasteiger partial charge >= 0.3 is 0 Å². The Morgan fingerprint density at radius 2 is 1.80 bits per heavy atom. The third-order valence-electron chi connectivity index (χ3n) is 2.38. The first-order valence-electron chi connectivity index (χ1n) is 6.47. The summed E-state index contributed by atoms with van der Waals surface area (Å²) >= 11 is 0. The molecule has 0 bridgehead atoms. The highest BCUT2D eigenvalue weighted by atomic mass is 33.8. The lowest BCUT2D eigenvalue weighted by Gasteiger charge is -2.01. The lowest BCUT2D eigenvalue weighted by atomic mass is 10.2. The summed E-state index contributed by atoms with van der Waals surface area (Å²) in [6.07, 6.45) is 7.76. The quantitative estimate of drug-likeness (QED) is 0.241. The molecule has 0 aliphatic carbocycles. The van der Waals surface area contributed by atoms with E-state index in [-0.39, 0.29) is 0 Å². The van der Waals surface area contributed by atoms with E-state index in [4.69, 9.17) is 0 Å². The largest absolute Gasteiger partial charge is 0.0845 e. The molecule has 0 heterocycles. The standard InChI is InChI=1S/C15H20S5/c1-3-5-9-14(4-2)12-16-18-20-19-17-13-15-10-7-6-8-11-15/h4-11H,3,12-13H2,1-2H3/b9-5-,14-4+. The average Bonchev–Trinajstić information content (AvgIpc) is 2.50. The van der Waals surface area contributed by atoms with Crippen molar-refractivity contribution in [3.63, 3.8) is 0 Å². The monoisotopic (exact) mass is 360 g/mol. The third kappa shape index (κ3) is 9.40. The van der Waals surface area contributed by atoms with E-state index < -0.39 is 0 Å². The van der Waals surface area contributed by atoms with Crippen molar-refractivity contribution in [1.29, 1.82) is 0 Å². The van der Waals surface area contributed by atoms with Crippen LogP contribution in [0.5, 0.6) is 0 Å². The molecule has 0 atom stereocenters. The molecule has 5 heteroatoms. The van der Waals surface area contributed by atoms with E-state index in [1.54, 1.807) is 0 Å². The Labute approximate surface area is 142 Å². The SMILES string of the molecule is C/C=C(\C=C/CC)CSSSSSCc1ccccc1. The number of allylic oxidation sites excluding steroid dienone is 3. The van der Waals surface area contributed by atoms with Gasteiger partial charge in [-0.1, -0.05) is 77.1 Å². The van der Waals surface area contributed by atoms with E-state index >= 15 is 0 Å². The maximum Gasteiger partial charge on any atom is 0.0297 e. The fourth-order valence-corrected chi connectivity index (χ4v) is 9.99. The molecule has 0 aromatic heterocycles. The van der Waals surface area contributed by atoms with Crippen LogP contribution >= 0.6 is 51.1 Å². The topological polar surface area (TPSA) is 0 Å². The Bertz CT molecular complexity index is 400. The summed E-state index contributed by atoms with van der Waals surface area (Å²) in [5, 5.41) is 0. The molecule has 0 aliphatic heterocycles. The molecule has 1 aromatic rings. The van der Waals surface area contributed by atoms with Crippen molar-refractivity contribution < 1.29 is 0 Å². The van der Waals surface area contributed by atoms with E-state index in [0.29, 0.717) is 0 Å². The van der Waals surface area contributed by atoms with Crippen molar-refractivity contribution in [2.75, 3.05) is 5.75 Å². The van der Waals surface area contributed by atoms with E-state index in [1.165, 1.54) is 11.1 Å². The van der Waals surface area contributed by atoms with Gasteiger partial charge in [-0.3, -0.25) is 0 Å². The van der Waals surface area contributed by atoms with Gasteiger partial charge in [0.05, 0.1) is 0 Å². The van der Waals surface area contributed by atoms with Gasteiger partial charge in [-0.2, -0.15) is 0 Å². The van der Waals surface area contributed by atoms with Gasteiger partial charge in [0.1, 0.15) is 0 Å². The lowest BCUT2D eigenvalue weighted by molar-refractivity contribution is 1.22. The fraction of sp³-hybridized carbons (Fsp3) is 0.333. The summed E-state index contributed by atoms with van der Waals surface area (Å²) in [7, 11) is 9.40. The Kier molecular flexibility index (Phi) is 12.2. The molecule has 0 spiro atoms. The van der Waals surface area contributed by atoms with Crippen LogP contribution in [0.15, 0.2) is 54.1 Å². The minimum Gasteiger partial charge on any atom is -0.0845 e. The van der Waals surface area contributed by atoms with Gasteiger partial charge in [-0.05, 0) is 54.0 Å². The molecule has 110 valence electrons. The molecule has 20 heavy (non-hydrogen) atoms. The Balaban J connectivity index is 2.01. The van der Waals surface area contributed by atoms with Crippen molar-refractivity contribution in [2.24, 2.45) is 0 Å². The van der Waals surface area contributed by atoms with Crippen molar-refractivity contribution >= 4 is 51.1 Å². The molecular formula is C15H20S5. The lowest BCUT2D eigenvalue weighted by Crippen LogP contribution is -1.79. The van der Waals surface area contributed by atoms with Gasteiger partial charge in [-0.15, -0.1) is 0 Å². The molecular weight excluding hydrogens is 341 g/mol. The molecule has 0 radical (unpaired) electrons. The van der Waals surface area contributed by atoms with Gasteiger partial charge in [0, 0.05) is 11.5 Å². The van der Waals surface area contributed by atoms with Gasteiger partial charge < -0.3 is 0 Å². The molecule has 0 nitrogen and oxygen atoms in total. The zero-order valence-corrected chi connectivity index (χ0v) is 15.9. The molecule has 0 saturated heterocycles. The number of rotatable bonds is 10. The summed E-state index contributed by atoms with van der Waals surface area (Å²) < 4.78 is 0. The molecule has 0 aliphatic rings. The highest BCUT2D eigenvalue weighted by Crippen LogP contribution is 2.49. The zero-order valence-electron chi connectivity index (χ0n) is 11.8. The number of hydrogen-bond donors (Lipinski definition) is 0. The van der Waals surface area contributed by atoms with Gasteiger partial charge in [0.15, 0.2) is 0 Å². The average molecular weight is 361 g/mol. The summed E-state index contributed by atoms with van der Waals surface area (Å²) in [6, 6.07) is 10.6. The highest BCUT2D eigenvalue weighted by molar-refractivity contribution is 9.35. The molecule has 1 rings (SSSR count). The normalized spacial score (nSPS) is 12.2. The predicted molar refractivity (Wildman–Crippen MR) is 106 cm³/mol. The van der Waals surface area contributed by atoms with Crippen molar-refractivity contribution in [3.05, 3.63) is 59.7 Å². The number of hydrogen-bond acceptors (Lipinski definition) is 5. The van der Waals surface area contributed by atoms with Crippen LogP contribution in [0, 0.1) is 0 Å². The summed E-state index contributed by atoms with van der Waals surface area (Å²) in [4.78, 5) is 0. The van der Waals surface area contributed by atoms with E-state index in [1.807, 2.05) is 51.1 Å². The Morgan fingerprint density at radius 3 is 2.50 bits per heavy atom. The van der Waals surface area contributed by atoms with Crippen molar-refractivity contribution in [2.45, 2.75) is 26.0 Å². The third-order valence-corrected chi connectivity index (χ3v) is 10.9. The van der Waals surface area contributed by atoms with E-state index in [0.717, 1.165) is 17.9 Å². The van der Waals surface area contributed by atoms with Crippen LogP contribution in [-0.4, -0.2) is 5.75 Å². The predicted octanol–water partition coefficient (Wildman–Crippen LogP) is 7.43. The van der Waals surface area contributed by atoms with Crippen LogP contribution < -0.4 is 0 Å². The minimum absolute atomic E-state index is 1.07. The van der Waals surface area contributed by atoms with E-state index in [2.05, 4.69) is 62.4 Å².